The Morgan fingerprint density at radius 2 is 1.56 bits per heavy atom. The second-order valence-corrected chi connectivity index (χ2v) is 3.67. The van der Waals surface area contributed by atoms with Crippen LogP contribution in [0.3, 0.4) is 0 Å². The summed E-state index contributed by atoms with van der Waals surface area (Å²) in [4.78, 5) is 11.9. The first-order valence-electron chi connectivity index (χ1n) is 5.11. The molecule has 0 saturated heterocycles. The normalized spacial score (nSPS) is 13.4. The molecule has 76 valence electrons. The van der Waals surface area contributed by atoms with Crippen LogP contribution >= 0.6 is 0 Å². The maximum absolute atomic E-state index is 11.9. The predicted octanol–water partition coefficient (Wildman–Crippen LogP) is 2.73. The average Bonchev–Trinajstić information content (AvgIpc) is 2.45. The molecule has 0 bridgehead atoms. The summed E-state index contributed by atoms with van der Waals surface area (Å²) in [5, 5.41) is 2.88. The van der Waals surface area contributed by atoms with Gasteiger partial charge in [-0.1, -0.05) is 36.4 Å². The first kappa shape index (κ1) is 9.16. The zero-order valence-corrected chi connectivity index (χ0v) is 8.53. The fraction of sp³-hybridized carbons (Fsp3) is 0. The van der Waals surface area contributed by atoms with Gasteiger partial charge in [-0.25, -0.2) is 0 Å². The Kier molecular flexibility index (Phi) is 2.00. The van der Waals surface area contributed by atoms with Crippen LogP contribution in [0.5, 0.6) is 0 Å². The highest BCUT2D eigenvalue weighted by molar-refractivity contribution is 6.07. The van der Waals surface area contributed by atoms with Crippen LogP contribution in [0.4, 0.5) is 5.69 Å². The molecule has 1 aliphatic heterocycles. The molecule has 0 atom stereocenters. The molecule has 0 unspecified atom stereocenters. The number of rotatable bonds is 0. The topological polar surface area (TPSA) is 29.1 Å². The summed E-state index contributed by atoms with van der Waals surface area (Å²) in [6, 6.07) is 15.1. The van der Waals surface area contributed by atoms with E-state index in [1.54, 1.807) is 0 Å². The molecule has 0 aliphatic carbocycles. The van der Waals surface area contributed by atoms with Crippen molar-refractivity contribution in [3.8, 4) is 0 Å². The van der Waals surface area contributed by atoms with E-state index in [0.717, 1.165) is 16.8 Å². The van der Waals surface area contributed by atoms with Crippen molar-refractivity contribution in [2.75, 3.05) is 5.32 Å². The van der Waals surface area contributed by atoms with Crippen LogP contribution in [0.25, 0.3) is 0 Å². The van der Waals surface area contributed by atoms with Crippen LogP contribution in [0.1, 0.15) is 21.5 Å². The van der Waals surface area contributed by atoms with Crippen LogP contribution in [0, 0.1) is 6.42 Å². The number of carbonyl (C=O) groups excluding carboxylic acids is 1. The maximum atomic E-state index is 11.9. The molecule has 1 heterocycles. The Morgan fingerprint density at radius 3 is 2.44 bits per heavy atom. The van der Waals surface area contributed by atoms with Gasteiger partial charge >= 0.3 is 0 Å². The number of anilines is 1. The first-order valence-corrected chi connectivity index (χ1v) is 5.11. The van der Waals surface area contributed by atoms with E-state index < -0.39 is 0 Å². The van der Waals surface area contributed by atoms with E-state index in [1.807, 2.05) is 48.5 Å². The van der Waals surface area contributed by atoms with Crippen molar-refractivity contribution < 1.29 is 4.79 Å². The minimum Gasteiger partial charge on any atom is -0.322 e. The molecule has 2 nitrogen and oxygen atoms in total. The largest absolute Gasteiger partial charge is 0.322 e. The number of para-hydroxylation sites is 1. The highest BCUT2D eigenvalue weighted by Crippen LogP contribution is 2.26. The van der Waals surface area contributed by atoms with Crippen molar-refractivity contribution >= 4 is 11.6 Å². The van der Waals surface area contributed by atoms with Crippen LogP contribution in [0.15, 0.2) is 48.5 Å². The fourth-order valence-corrected chi connectivity index (χ4v) is 1.83. The molecule has 1 aliphatic rings. The summed E-state index contributed by atoms with van der Waals surface area (Å²) in [6.07, 6.45) is 3.25. The van der Waals surface area contributed by atoms with Crippen LogP contribution in [-0.4, -0.2) is 5.91 Å². The highest BCUT2D eigenvalue weighted by atomic mass is 16.1. The summed E-state index contributed by atoms with van der Waals surface area (Å²) < 4.78 is 0. The van der Waals surface area contributed by atoms with Crippen molar-refractivity contribution in [1.82, 2.24) is 0 Å². The minimum atomic E-state index is -0.0759. The zero-order valence-electron chi connectivity index (χ0n) is 8.53. The molecule has 0 saturated carbocycles. The predicted molar refractivity (Wildman–Crippen MR) is 62.3 cm³/mol. The van der Waals surface area contributed by atoms with Gasteiger partial charge in [0.15, 0.2) is 0 Å². The standard InChI is InChI=1S/C14H9NO/c16-14-12-7-3-1-5-10(12)9-11-6-2-4-8-13(11)15-14/h1-8H,(H,15,16). The van der Waals surface area contributed by atoms with Gasteiger partial charge in [0.1, 0.15) is 0 Å². The summed E-state index contributed by atoms with van der Waals surface area (Å²) in [5.74, 6) is -0.0759. The van der Waals surface area contributed by atoms with Gasteiger partial charge < -0.3 is 5.32 Å². The lowest BCUT2D eigenvalue weighted by Crippen LogP contribution is -2.11. The van der Waals surface area contributed by atoms with Crippen LogP contribution in [0.2, 0.25) is 0 Å². The van der Waals surface area contributed by atoms with Gasteiger partial charge in [0.05, 0.1) is 6.42 Å². The lowest BCUT2D eigenvalue weighted by molar-refractivity contribution is 0.102. The second-order valence-electron chi connectivity index (χ2n) is 3.67. The van der Waals surface area contributed by atoms with E-state index in [2.05, 4.69) is 11.7 Å². The number of fused-ring (bicyclic) bond motifs is 2. The van der Waals surface area contributed by atoms with Crippen LogP contribution in [-0.2, 0) is 0 Å². The lowest BCUT2D eigenvalue weighted by atomic mass is 10.0. The molecule has 2 heteroatoms. The van der Waals surface area contributed by atoms with Crippen LogP contribution < -0.4 is 5.32 Å². The number of hydrogen-bond donors (Lipinski definition) is 1. The third kappa shape index (κ3) is 1.39. The molecule has 1 amide bonds. The second kappa shape index (κ2) is 3.49. The summed E-state index contributed by atoms with van der Waals surface area (Å²) >= 11 is 0. The van der Waals surface area contributed by atoms with Gasteiger partial charge in [0, 0.05) is 11.3 Å². The summed E-state index contributed by atoms with van der Waals surface area (Å²) in [6.45, 7) is 0. The number of amides is 1. The molecular weight excluding hydrogens is 198 g/mol. The van der Waals surface area contributed by atoms with Gasteiger partial charge in [-0.2, -0.15) is 0 Å². The molecule has 2 aromatic rings. The maximum Gasteiger partial charge on any atom is 0.255 e. The average molecular weight is 207 g/mol. The van der Waals surface area contributed by atoms with Gasteiger partial charge in [0.2, 0.25) is 0 Å². The molecule has 16 heavy (non-hydrogen) atoms. The molecular formula is C14H9NO. The van der Waals surface area contributed by atoms with Crippen molar-refractivity contribution in [1.29, 1.82) is 0 Å². The molecule has 0 spiro atoms. The first-order chi connectivity index (χ1) is 7.84. The Morgan fingerprint density at radius 1 is 0.875 bits per heavy atom. The fourth-order valence-electron chi connectivity index (χ4n) is 1.83. The van der Waals surface area contributed by atoms with E-state index in [4.69, 9.17) is 0 Å². The van der Waals surface area contributed by atoms with Gasteiger partial charge in [0.25, 0.3) is 5.91 Å². The number of carbonyl (C=O) groups is 1. The van der Waals surface area contributed by atoms with Gasteiger partial charge in [-0.3, -0.25) is 4.79 Å². The zero-order chi connectivity index (χ0) is 11.0. The molecule has 1 N–H and O–H groups in total. The Bertz CT molecular complexity index is 560. The molecule has 2 radical (unpaired) electrons. The van der Waals surface area contributed by atoms with E-state index in [9.17, 15) is 4.79 Å². The van der Waals surface area contributed by atoms with E-state index in [-0.39, 0.29) is 5.91 Å². The highest BCUT2D eigenvalue weighted by Gasteiger charge is 2.18. The molecule has 0 fully saturated rings. The molecule has 0 aromatic heterocycles. The monoisotopic (exact) mass is 207 g/mol. The van der Waals surface area contributed by atoms with Gasteiger partial charge in [-0.05, 0) is 23.3 Å². The van der Waals surface area contributed by atoms with Crippen molar-refractivity contribution in [3.63, 3.8) is 0 Å². The van der Waals surface area contributed by atoms with Crippen molar-refractivity contribution in [2.45, 2.75) is 0 Å². The summed E-state index contributed by atoms with van der Waals surface area (Å²) in [5.41, 5.74) is 3.23. The number of benzene rings is 2. The van der Waals surface area contributed by atoms with Gasteiger partial charge in [-0.15, -0.1) is 0 Å². The molecule has 2 aromatic carbocycles. The minimum absolute atomic E-state index is 0.0759. The van der Waals surface area contributed by atoms with E-state index in [1.165, 1.54) is 0 Å². The van der Waals surface area contributed by atoms with E-state index >= 15 is 0 Å². The van der Waals surface area contributed by atoms with E-state index in [0.29, 0.717) is 5.56 Å². The lowest BCUT2D eigenvalue weighted by Gasteiger charge is -2.04. The summed E-state index contributed by atoms with van der Waals surface area (Å²) in [7, 11) is 0. The van der Waals surface area contributed by atoms with Crippen molar-refractivity contribution in [2.24, 2.45) is 0 Å². The quantitative estimate of drug-likeness (QED) is 0.707. The third-order valence-corrected chi connectivity index (χ3v) is 2.62. The Hall–Kier alpha value is -2.09. The number of hydrogen-bond acceptors (Lipinski definition) is 1. The Labute approximate surface area is 93.9 Å². The van der Waals surface area contributed by atoms with Crippen molar-refractivity contribution in [3.05, 3.63) is 71.6 Å². The Balaban J connectivity index is 2.18. The third-order valence-electron chi connectivity index (χ3n) is 2.62. The molecule has 3 rings (SSSR count). The number of nitrogens with one attached hydrogen (secondary N) is 1. The smallest absolute Gasteiger partial charge is 0.255 e. The SMILES string of the molecule is O=C1Nc2ccccc2[C]c2ccccc21.